The number of H-pyrrole nitrogens is 1. The van der Waals surface area contributed by atoms with Crippen LogP contribution in [0.3, 0.4) is 0 Å². The Bertz CT molecular complexity index is 1300. The first kappa shape index (κ1) is 19.3. The van der Waals surface area contributed by atoms with Gasteiger partial charge in [-0.05, 0) is 30.2 Å². The van der Waals surface area contributed by atoms with E-state index in [1.807, 2.05) is 31.2 Å². The molecule has 0 saturated carbocycles. The van der Waals surface area contributed by atoms with Crippen LogP contribution in [-0.4, -0.2) is 47.3 Å². The molecule has 0 bridgehead atoms. The van der Waals surface area contributed by atoms with E-state index in [4.69, 9.17) is 13.9 Å². The number of fused-ring (bicyclic) bond motifs is 2. The highest BCUT2D eigenvalue weighted by molar-refractivity contribution is 5.85. The number of aryl methyl sites for hydroxylation is 1. The Kier molecular flexibility index (Phi) is 4.91. The van der Waals surface area contributed by atoms with Crippen LogP contribution in [0.4, 0.5) is 4.79 Å². The summed E-state index contributed by atoms with van der Waals surface area (Å²) >= 11 is 0. The molecule has 1 N–H and O–H groups in total. The Labute approximate surface area is 177 Å². The van der Waals surface area contributed by atoms with Crippen molar-refractivity contribution in [3.63, 3.8) is 0 Å². The standard InChI is InChI=1S/C23H21N3O5/c1-2-14-11-15-20(12-19(14)31-23(28)26-7-9-29-10-8-26)30-13-16(21(15)27)22-24-17-5-3-4-6-18(17)25-22/h3-6,11-13H,2,7-10H2,1H3,(H,24,25). The van der Waals surface area contributed by atoms with E-state index < -0.39 is 6.09 Å². The molecule has 1 amide bonds. The van der Waals surface area contributed by atoms with E-state index in [0.717, 1.165) is 16.6 Å². The zero-order valence-electron chi connectivity index (χ0n) is 17.0. The molecule has 1 saturated heterocycles. The summed E-state index contributed by atoms with van der Waals surface area (Å²) in [5, 5.41) is 0.418. The van der Waals surface area contributed by atoms with Gasteiger partial charge in [0.1, 0.15) is 29.0 Å². The molecular weight excluding hydrogens is 398 g/mol. The maximum absolute atomic E-state index is 13.2. The number of carbonyl (C=O) groups excluding carboxylic acids is 1. The van der Waals surface area contributed by atoms with Crippen LogP contribution in [0.1, 0.15) is 12.5 Å². The van der Waals surface area contributed by atoms with Gasteiger partial charge in [0.15, 0.2) is 0 Å². The van der Waals surface area contributed by atoms with Crippen LogP contribution in [-0.2, 0) is 11.2 Å². The highest BCUT2D eigenvalue weighted by Crippen LogP contribution is 2.28. The Morgan fingerprint density at radius 1 is 1.23 bits per heavy atom. The molecule has 1 aliphatic rings. The Hall–Kier alpha value is -3.65. The zero-order valence-corrected chi connectivity index (χ0v) is 17.0. The van der Waals surface area contributed by atoms with Gasteiger partial charge >= 0.3 is 6.09 Å². The maximum atomic E-state index is 13.2. The number of aromatic amines is 1. The van der Waals surface area contributed by atoms with Gasteiger partial charge in [0.2, 0.25) is 5.43 Å². The van der Waals surface area contributed by atoms with E-state index in [1.165, 1.54) is 6.26 Å². The lowest BCUT2D eigenvalue weighted by atomic mass is 10.1. The summed E-state index contributed by atoms with van der Waals surface area (Å²) in [5.74, 6) is 0.851. The van der Waals surface area contributed by atoms with Gasteiger partial charge in [0.05, 0.1) is 29.6 Å². The molecule has 3 heterocycles. The lowest BCUT2D eigenvalue weighted by Crippen LogP contribution is -2.42. The van der Waals surface area contributed by atoms with Crippen LogP contribution < -0.4 is 10.2 Å². The van der Waals surface area contributed by atoms with E-state index >= 15 is 0 Å². The molecule has 4 aromatic rings. The van der Waals surface area contributed by atoms with Gasteiger partial charge < -0.3 is 23.8 Å². The van der Waals surface area contributed by atoms with Crippen molar-refractivity contribution in [2.24, 2.45) is 0 Å². The fourth-order valence-corrected chi connectivity index (χ4v) is 3.72. The van der Waals surface area contributed by atoms with E-state index in [9.17, 15) is 9.59 Å². The Morgan fingerprint density at radius 3 is 2.81 bits per heavy atom. The molecule has 1 aliphatic heterocycles. The van der Waals surface area contributed by atoms with Gasteiger partial charge in [-0.3, -0.25) is 4.79 Å². The number of rotatable bonds is 3. The first-order chi connectivity index (χ1) is 15.1. The van der Waals surface area contributed by atoms with E-state index in [2.05, 4.69) is 9.97 Å². The normalized spacial score (nSPS) is 14.3. The largest absolute Gasteiger partial charge is 0.463 e. The highest BCUT2D eigenvalue weighted by Gasteiger charge is 2.21. The van der Waals surface area contributed by atoms with Gasteiger partial charge in [-0.15, -0.1) is 0 Å². The van der Waals surface area contributed by atoms with Crippen molar-refractivity contribution in [2.75, 3.05) is 26.3 Å². The fraction of sp³-hybridized carbons (Fsp3) is 0.261. The predicted molar refractivity (Wildman–Crippen MR) is 115 cm³/mol. The Morgan fingerprint density at radius 2 is 2.03 bits per heavy atom. The number of para-hydroxylation sites is 2. The summed E-state index contributed by atoms with van der Waals surface area (Å²) in [5.41, 5.74) is 2.88. The lowest BCUT2D eigenvalue weighted by molar-refractivity contribution is 0.0415. The summed E-state index contributed by atoms with van der Waals surface area (Å²) in [7, 11) is 0. The number of ether oxygens (including phenoxy) is 2. The lowest BCUT2D eigenvalue weighted by Gasteiger charge is -2.26. The van der Waals surface area contributed by atoms with E-state index in [0.29, 0.717) is 60.8 Å². The first-order valence-corrected chi connectivity index (χ1v) is 10.2. The minimum atomic E-state index is -0.432. The van der Waals surface area contributed by atoms with Crippen molar-refractivity contribution in [1.82, 2.24) is 14.9 Å². The summed E-state index contributed by atoms with van der Waals surface area (Å²) in [4.78, 5) is 35.0. The number of nitrogens with one attached hydrogen (secondary N) is 1. The molecule has 2 aromatic carbocycles. The molecule has 5 rings (SSSR count). The van der Waals surface area contributed by atoms with Crippen LogP contribution in [0.5, 0.6) is 5.75 Å². The second-order valence-electron chi connectivity index (χ2n) is 7.36. The van der Waals surface area contributed by atoms with Gasteiger partial charge in [-0.1, -0.05) is 19.1 Å². The minimum absolute atomic E-state index is 0.193. The van der Waals surface area contributed by atoms with Crippen LogP contribution in [0.25, 0.3) is 33.4 Å². The topological polar surface area (TPSA) is 97.7 Å². The minimum Gasteiger partial charge on any atom is -0.463 e. The molecule has 2 aromatic heterocycles. The molecule has 31 heavy (non-hydrogen) atoms. The van der Waals surface area contributed by atoms with Crippen molar-refractivity contribution in [1.29, 1.82) is 0 Å². The summed E-state index contributed by atoms with van der Waals surface area (Å²) in [6.07, 6.45) is 1.55. The zero-order chi connectivity index (χ0) is 21.4. The van der Waals surface area contributed by atoms with Crippen LogP contribution >= 0.6 is 0 Å². The molecule has 0 spiro atoms. The van der Waals surface area contributed by atoms with Crippen molar-refractivity contribution in [2.45, 2.75) is 13.3 Å². The monoisotopic (exact) mass is 419 g/mol. The van der Waals surface area contributed by atoms with Crippen molar-refractivity contribution < 1.29 is 18.7 Å². The molecular formula is C23H21N3O5. The molecule has 8 heteroatoms. The molecule has 0 radical (unpaired) electrons. The number of carbonyl (C=O) groups is 1. The molecule has 8 nitrogen and oxygen atoms in total. The number of morpholine rings is 1. The smallest absolute Gasteiger partial charge is 0.415 e. The van der Waals surface area contributed by atoms with Gasteiger partial charge in [-0.2, -0.15) is 0 Å². The van der Waals surface area contributed by atoms with Crippen LogP contribution in [0.15, 0.2) is 51.9 Å². The molecule has 0 atom stereocenters. The Balaban J connectivity index is 1.53. The number of imidazole rings is 1. The second kappa shape index (κ2) is 7.88. The quantitative estimate of drug-likeness (QED) is 0.543. The maximum Gasteiger partial charge on any atom is 0.415 e. The van der Waals surface area contributed by atoms with Gasteiger partial charge in [-0.25, -0.2) is 9.78 Å². The molecule has 158 valence electrons. The van der Waals surface area contributed by atoms with E-state index in [1.54, 1.807) is 17.0 Å². The average molecular weight is 419 g/mol. The fourth-order valence-electron chi connectivity index (χ4n) is 3.72. The van der Waals surface area contributed by atoms with Crippen molar-refractivity contribution in [3.05, 3.63) is 58.4 Å². The number of aromatic nitrogens is 2. The third-order valence-electron chi connectivity index (χ3n) is 5.45. The predicted octanol–water partition coefficient (Wildman–Crippen LogP) is 3.73. The van der Waals surface area contributed by atoms with Crippen LogP contribution in [0.2, 0.25) is 0 Å². The van der Waals surface area contributed by atoms with Gasteiger partial charge in [0, 0.05) is 19.2 Å². The van der Waals surface area contributed by atoms with E-state index in [-0.39, 0.29) is 5.43 Å². The first-order valence-electron chi connectivity index (χ1n) is 10.2. The number of hydrogen-bond acceptors (Lipinski definition) is 6. The SMILES string of the molecule is CCc1cc2c(=O)c(-c3nc4ccccc4[nH]3)coc2cc1OC(=O)N1CCOCC1. The average Bonchev–Trinajstić information content (AvgIpc) is 3.23. The number of amides is 1. The molecule has 0 aliphatic carbocycles. The highest BCUT2D eigenvalue weighted by atomic mass is 16.6. The van der Waals surface area contributed by atoms with Crippen molar-refractivity contribution >= 4 is 28.1 Å². The van der Waals surface area contributed by atoms with Crippen molar-refractivity contribution in [3.8, 4) is 17.1 Å². The number of nitrogens with zero attached hydrogens (tertiary/aromatic N) is 2. The number of hydrogen-bond donors (Lipinski definition) is 1. The number of benzene rings is 2. The molecule has 1 fully saturated rings. The summed E-state index contributed by atoms with van der Waals surface area (Å²) in [6, 6.07) is 10.9. The third kappa shape index (κ3) is 3.55. The van der Waals surface area contributed by atoms with Gasteiger partial charge in [0.25, 0.3) is 0 Å². The second-order valence-corrected chi connectivity index (χ2v) is 7.36. The van der Waals surface area contributed by atoms with Crippen LogP contribution in [0, 0.1) is 0 Å². The summed E-state index contributed by atoms with van der Waals surface area (Å²) < 4.78 is 16.7. The molecule has 0 unspecified atom stereocenters. The third-order valence-corrected chi connectivity index (χ3v) is 5.45. The summed E-state index contributed by atoms with van der Waals surface area (Å²) in [6.45, 7) is 3.91.